The van der Waals surface area contributed by atoms with Crippen LogP contribution in [0, 0.1) is 6.92 Å². The van der Waals surface area contributed by atoms with Crippen LogP contribution in [0.1, 0.15) is 50.4 Å². The van der Waals surface area contributed by atoms with Crippen molar-refractivity contribution in [1.29, 1.82) is 0 Å². The van der Waals surface area contributed by atoms with E-state index in [0.29, 0.717) is 18.3 Å². The topological polar surface area (TPSA) is 71.3 Å². The number of likely N-dealkylation sites (tertiary alicyclic amines) is 1. The maximum atomic E-state index is 12.1. The Labute approximate surface area is 107 Å². The molecule has 2 amide bonds. The molecule has 1 N–H and O–H groups in total. The van der Waals surface area contributed by atoms with E-state index in [1.807, 2.05) is 11.8 Å². The van der Waals surface area contributed by atoms with Crippen LogP contribution in [0.15, 0.2) is 4.52 Å². The predicted molar refractivity (Wildman–Crippen MR) is 66.0 cm³/mol. The first-order chi connectivity index (χ1) is 8.72. The van der Waals surface area contributed by atoms with Gasteiger partial charge in [-0.05, 0) is 19.8 Å². The van der Waals surface area contributed by atoms with E-state index in [4.69, 9.17) is 4.52 Å². The molecule has 1 aliphatic rings. The van der Waals surface area contributed by atoms with Crippen molar-refractivity contribution in [3.63, 3.8) is 0 Å². The molecule has 2 rings (SSSR count). The van der Waals surface area contributed by atoms with E-state index in [9.17, 15) is 4.79 Å². The molecule has 6 heteroatoms. The normalized spacial score (nSPS) is 20.6. The molecule has 0 bridgehead atoms. The summed E-state index contributed by atoms with van der Waals surface area (Å²) in [4.78, 5) is 18.2. The second-order valence-electron chi connectivity index (χ2n) is 4.57. The van der Waals surface area contributed by atoms with E-state index >= 15 is 0 Å². The Kier molecular flexibility index (Phi) is 4.17. The summed E-state index contributed by atoms with van der Waals surface area (Å²) < 4.78 is 5.03. The Morgan fingerprint density at radius 2 is 2.33 bits per heavy atom. The number of carbonyl (C=O) groups excluding carboxylic acids is 1. The second kappa shape index (κ2) is 5.84. The van der Waals surface area contributed by atoms with Crippen molar-refractivity contribution < 1.29 is 9.32 Å². The van der Waals surface area contributed by atoms with Gasteiger partial charge in [0.25, 0.3) is 0 Å². The van der Waals surface area contributed by atoms with Crippen LogP contribution < -0.4 is 5.32 Å². The molecule has 1 saturated heterocycles. The molecule has 1 aromatic rings. The number of nitrogens with one attached hydrogen (secondary N) is 1. The summed E-state index contributed by atoms with van der Waals surface area (Å²) >= 11 is 0. The van der Waals surface area contributed by atoms with Gasteiger partial charge in [0.05, 0.1) is 6.04 Å². The van der Waals surface area contributed by atoms with Crippen LogP contribution in [-0.4, -0.2) is 34.2 Å². The van der Waals surface area contributed by atoms with Gasteiger partial charge < -0.3 is 14.7 Å². The molecule has 0 radical (unpaired) electrons. The summed E-state index contributed by atoms with van der Waals surface area (Å²) in [5.74, 6) is 1.17. The van der Waals surface area contributed by atoms with Gasteiger partial charge in [-0.1, -0.05) is 18.0 Å². The first kappa shape index (κ1) is 12.9. The first-order valence-electron chi connectivity index (χ1n) is 6.57. The summed E-state index contributed by atoms with van der Waals surface area (Å²) in [6.45, 7) is 5.07. The number of rotatable bonds is 2. The van der Waals surface area contributed by atoms with Crippen LogP contribution in [0.2, 0.25) is 0 Å². The van der Waals surface area contributed by atoms with E-state index in [-0.39, 0.29) is 12.1 Å². The molecule has 1 fully saturated rings. The molecule has 0 aliphatic carbocycles. The Morgan fingerprint density at radius 1 is 1.50 bits per heavy atom. The molecular weight excluding hydrogens is 232 g/mol. The highest BCUT2D eigenvalue weighted by Crippen LogP contribution is 2.28. The first-order valence-corrected chi connectivity index (χ1v) is 6.57. The number of hydrogen-bond acceptors (Lipinski definition) is 4. The van der Waals surface area contributed by atoms with E-state index < -0.39 is 0 Å². The molecule has 1 aliphatic heterocycles. The van der Waals surface area contributed by atoms with Gasteiger partial charge in [-0.15, -0.1) is 0 Å². The van der Waals surface area contributed by atoms with Crippen molar-refractivity contribution in [2.24, 2.45) is 0 Å². The van der Waals surface area contributed by atoms with Crippen LogP contribution in [0.4, 0.5) is 4.79 Å². The highest BCUT2D eigenvalue weighted by Gasteiger charge is 2.29. The number of hydrogen-bond donors (Lipinski definition) is 1. The standard InChI is InChI=1S/C12H20N4O2/c1-3-13-12(17)16-8-6-4-5-7-10(16)11-14-9(2)18-15-11/h10H,3-8H2,1-2H3,(H,13,17)/t10-/m0/s1. The van der Waals surface area contributed by atoms with Crippen LogP contribution in [0.3, 0.4) is 0 Å². The Hall–Kier alpha value is -1.59. The highest BCUT2D eigenvalue weighted by molar-refractivity contribution is 5.74. The highest BCUT2D eigenvalue weighted by atomic mass is 16.5. The van der Waals surface area contributed by atoms with Gasteiger partial charge in [0.15, 0.2) is 5.82 Å². The van der Waals surface area contributed by atoms with Crippen molar-refractivity contribution in [1.82, 2.24) is 20.4 Å². The molecule has 0 aromatic carbocycles. The van der Waals surface area contributed by atoms with Gasteiger partial charge >= 0.3 is 6.03 Å². The number of urea groups is 1. The van der Waals surface area contributed by atoms with Crippen molar-refractivity contribution in [2.45, 2.75) is 45.6 Å². The Balaban J connectivity index is 2.18. The van der Waals surface area contributed by atoms with Gasteiger partial charge in [0.1, 0.15) is 0 Å². The summed E-state index contributed by atoms with van der Waals surface area (Å²) in [5.41, 5.74) is 0. The average Bonchev–Trinajstić information content (AvgIpc) is 2.64. The minimum absolute atomic E-state index is 0.0353. The monoisotopic (exact) mass is 252 g/mol. The van der Waals surface area contributed by atoms with Gasteiger partial charge in [-0.25, -0.2) is 4.79 Å². The third kappa shape index (κ3) is 2.80. The number of carbonyl (C=O) groups is 1. The lowest BCUT2D eigenvalue weighted by Crippen LogP contribution is -2.42. The van der Waals surface area contributed by atoms with Gasteiger partial charge in [-0.3, -0.25) is 0 Å². The van der Waals surface area contributed by atoms with Crippen molar-refractivity contribution in [3.8, 4) is 0 Å². The second-order valence-corrected chi connectivity index (χ2v) is 4.57. The van der Waals surface area contributed by atoms with Crippen molar-refractivity contribution >= 4 is 6.03 Å². The van der Waals surface area contributed by atoms with Gasteiger partial charge in [-0.2, -0.15) is 4.98 Å². The van der Waals surface area contributed by atoms with Gasteiger partial charge in [0, 0.05) is 20.0 Å². The summed E-state index contributed by atoms with van der Waals surface area (Å²) in [6.07, 6.45) is 4.16. The molecule has 2 heterocycles. The fourth-order valence-corrected chi connectivity index (χ4v) is 2.32. The minimum Gasteiger partial charge on any atom is -0.340 e. The summed E-state index contributed by atoms with van der Waals surface area (Å²) in [5, 5.41) is 6.82. The molecular formula is C12H20N4O2. The van der Waals surface area contributed by atoms with E-state index in [2.05, 4.69) is 15.5 Å². The van der Waals surface area contributed by atoms with Crippen LogP contribution in [0.5, 0.6) is 0 Å². The van der Waals surface area contributed by atoms with E-state index in [1.54, 1.807) is 6.92 Å². The zero-order valence-corrected chi connectivity index (χ0v) is 11.0. The molecule has 0 unspecified atom stereocenters. The van der Waals surface area contributed by atoms with Crippen LogP contribution in [0.25, 0.3) is 0 Å². The maximum absolute atomic E-state index is 12.1. The SMILES string of the molecule is CCNC(=O)N1CCCCC[C@H]1c1noc(C)n1. The molecule has 0 spiro atoms. The lowest BCUT2D eigenvalue weighted by molar-refractivity contribution is 0.172. The predicted octanol–water partition coefficient (Wildman–Crippen LogP) is 2.02. The van der Waals surface area contributed by atoms with Crippen LogP contribution in [-0.2, 0) is 0 Å². The molecule has 1 aromatic heterocycles. The molecule has 0 saturated carbocycles. The Morgan fingerprint density at radius 3 is 3.00 bits per heavy atom. The lowest BCUT2D eigenvalue weighted by atomic mass is 10.1. The Bertz CT molecular complexity index is 405. The number of amides is 2. The van der Waals surface area contributed by atoms with Crippen molar-refractivity contribution in [3.05, 3.63) is 11.7 Å². The molecule has 6 nitrogen and oxygen atoms in total. The zero-order valence-electron chi connectivity index (χ0n) is 11.0. The number of aryl methyl sites for hydroxylation is 1. The van der Waals surface area contributed by atoms with E-state index in [1.165, 1.54) is 0 Å². The summed E-state index contributed by atoms with van der Waals surface area (Å²) in [6, 6.07) is -0.0941. The third-order valence-electron chi connectivity index (χ3n) is 3.18. The molecule has 100 valence electrons. The average molecular weight is 252 g/mol. The maximum Gasteiger partial charge on any atom is 0.318 e. The third-order valence-corrected chi connectivity index (χ3v) is 3.18. The lowest BCUT2D eigenvalue weighted by Gasteiger charge is -2.27. The zero-order chi connectivity index (χ0) is 13.0. The fourth-order valence-electron chi connectivity index (χ4n) is 2.32. The van der Waals surface area contributed by atoms with Crippen LogP contribution >= 0.6 is 0 Å². The van der Waals surface area contributed by atoms with Crippen molar-refractivity contribution in [2.75, 3.05) is 13.1 Å². The quantitative estimate of drug-likeness (QED) is 0.874. The fraction of sp³-hybridized carbons (Fsp3) is 0.750. The minimum atomic E-state index is -0.0588. The molecule has 1 atom stereocenters. The molecule has 18 heavy (non-hydrogen) atoms. The van der Waals surface area contributed by atoms with E-state index in [0.717, 1.165) is 32.2 Å². The van der Waals surface area contributed by atoms with Gasteiger partial charge in [0.2, 0.25) is 5.89 Å². The largest absolute Gasteiger partial charge is 0.340 e. The number of aromatic nitrogens is 2. The number of nitrogens with zero attached hydrogens (tertiary/aromatic N) is 3. The summed E-state index contributed by atoms with van der Waals surface area (Å²) in [7, 11) is 0. The smallest absolute Gasteiger partial charge is 0.318 e.